The molecule has 1 saturated heterocycles. The highest BCUT2D eigenvalue weighted by atomic mass is 16.6. The van der Waals surface area contributed by atoms with Crippen LogP contribution < -0.4 is 4.90 Å². The predicted molar refractivity (Wildman–Crippen MR) is 90.4 cm³/mol. The second-order valence-electron chi connectivity index (χ2n) is 6.74. The number of hydrogen-bond donors (Lipinski definition) is 0. The van der Waals surface area contributed by atoms with Gasteiger partial charge in [0.25, 0.3) is 5.69 Å². The van der Waals surface area contributed by atoms with Gasteiger partial charge >= 0.3 is 0 Å². The van der Waals surface area contributed by atoms with Crippen molar-refractivity contribution in [3.63, 3.8) is 0 Å². The van der Waals surface area contributed by atoms with Gasteiger partial charge < -0.3 is 9.47 Å². The van der Waals surface area contributed by atoms with Gasteiger partial charge in [-0.25, -0.2) is 0 Å². The Morgan fingerprint density at radius 3 is 2.92 bits per heavy atom. The third-order valence-electron chi connectivity index (χ3n) is 5.17. The summed E-state index contributed by atoms with van der Waals surface area (Å²) in [6.45, 7) is 4.71. The topological polar surface area (TPSA) is 77.1 Å². The maximum atomic E-state index is 11.0. The molecule has 4 rings (SSSR count). The Morgan fingerprint density at radius 2 is 2.12 bits per heavy atom. The van der Waals surface area contributed by atoms with E-state index in [2.05, 4.69) is 19.7 Å². The lowest BCUT2D eigenvalue weighted by Gasteiger charge is -2.34. The Hall–Kier alpha value is -2.44. The standard InChI is InChI=1S/C17H21N5O2/c1-12-10-14(6-7-15(12)22(23)24)20-8-2-4-13(11-20)17-19-18-16-5-3-9-21(16)17/h6-7,10,13H,2-5,8-9,11H2,1H3. The molecule has 0 spiro atoms. The van der Waals surface area contributed by atoms with Crippen LogP contribution in [-0.2, 0) is 13.0 Å². The van der Waals surface area contributed by atoms with E-state index in [-0.39, 0.29) is 10.6 Å². The molecule has 126 valence electrons. The maximum absolute atomic E-state index is 11.0. The monoisotopic (exact) mass is 327 g/mol. The lowest BCUT2D eigenvalue weighted by atomic mass is 9.96. The first-order valence-electron chi connectivity index (χ1n) is 8.55. The minimum atomic E-state index is -0.322. The minimum Gasteiger partial charge on any atom is -0.371 e. The second kappa shape index (κ2) is 5.89. The number of hydrogen-bond acceptors (Lipinski definition) is 5. The summed E-state index contributed by atoms with van der Waals surface area (Å²) in [5.74, 6) is 2.62. The van der Waals surface area contributed by atoms with Crippen LogP contribution in [-0.4, -0.2) is 32.8 Å². The van der Waals surface area contributed by atoms with E-state index in [4.69, 9.17) is 0 Å². The number of rotatable bonds is 3. The van der Waals surface area contributed by atoms with Gasteiger partial charge in [0.1, 0.15) is 11.6 Å². The number of anilines is 1. The first kappa shape index (κ1) is 15.1. The van der Waals surface area contributed by atoms with Gasteiger partial charge in [0, 0.05) is 49.3 Å². The molecule has 2 aliphatic rings. The highest BCUT2D eigenvalue weighted by Gasteiger charge is 2.28. The predicted octanol–water partition coefficient (Wildman–Crippen LogP) is 2.82. The molecule has 0 radical (unpaired) electrons. The summed E-state index contributed by atoms with van der Waals surface area (Å²) in [5.41, 5.74) is 1.95. The smallest absolute Gasteiger partial charge is 0.272 e. The fourth-order valence-electron chi connectivity index (χ4n) is 3.94. The van der Waals surface area contributed by atoms with Crippen LogP contribution in [0.15, 0.2) is 18.2 Å². The number of nitro groups is 1. The molecule has 0 N–H and O–H groups in total. The molecule has 1 aromatic carbocycles. The molecule has 24 heavy (non-hydrogen) atoms. The zero-order valence-electron chi connectivity index (χ0n) is 13.8. The van der Waals surface area contributed by atoms with Crippen molar-refractivity contribution < 1.29 is 4.92 Å². The summed E-state index contributed by atoms with van der Waals surface area (Å²) in [6, 6.07) is 5.40. The van der Waals surface area contributed by atoms with E-state index >= 15 is 0 Å². The molecular weight excluding hydrogens is 306 g/mol. The van der Waals surface area contributed by atoms with E-state index in [1.54, 1.807) is 13.0 Å². The Balaban J connectivity index is 1.57. The van der Waals surface area contributed by atoms with Gasteiger partial charge in [-0.15, -0.1) is 10.2 Å². The third-order valence-corrected chi connectivity index (χ3v) is 5.17. The lowest BCUT2D eigenvalue weighted by molar-refractivity contribution is -0.385. The number of aromatic nitrogens is 3. The average Bonchev–Trinajstić information content (AvgIpc) is 3.17. The van der Waals surface area contributed by atoms with Gasteiger partial charge in [0.2, 0.25) is 0 Å². The van der Waals surface area contributed by atoms with Crippen LogP contribution >= 0.6 is 0 Å². The molecule has 2 aliphatic heterocycles. The fourth-order valence-corrected chi connectivity index (χ4v) is 3.94. The normalized spacial score (nSPS) is 20.2. The Kier molecular flexibility index (Phi) is 3.70. The van der Waals surface area contributed by atoms with Gasteiger partial charge in [0.05, 0.1) is 4.92 Å². The molecule has 0 saturated carbocycles. The van der Waals surface area contributed by atoms with Crippen molar-refractivity contribution in [1.29, 1.82) is 0 Å². The summed E-state index contributed by atoms with van der Waals surface area (Å²) in [7, 11) is 0. The molecule has 0 bridgehead atoms. The molecule has 1 unspecified atom stereocenters. The SMILES string of the molecule is Cc1cc(N2CCCC(c3nnc4n3CCC4)C2)ccc1[N+](=O)[O-]. The zero-order valence-corrected chi connectivity index (χ0v) is 13.8. The molecule has 1 fully saturated rings. The van der Waals surface area contributed by atoms with E-state index in [0.29, 0.717) is 11.5 Å². The van der Waals surface area contributed by atoms with Crippen molar-refractivity contribution in [2.75, 3.05) is 18.0 Å². The number of fused-ring (bicyclic) bond motifs is 1. The van der Waals surface area contributed by atoms with Crippen molar-refractivity contribution in [3.8, 4) is 0 Å². The summed E-state index contributed by atoms with van der Waals surface area (Å²) in [5, 5.41) is 19.8. The van der Waals surface area contributed by atoms with Crippen LogP contribution in [0.1, 0.15) is 42.4 Å². The summed E-state index contributed by atoms with van der Waals surface area (Å²) < 4.78 is 2.29. The fraction of sp³-hybridized carbons (Fsp3) is 0.529. The number of nitro benzene ring substituents is 1. The number of nitrogens with zero attached hydrogens (tertiary/aromatic N) is 5. The van der Waals surface area contributed by atoms with Gasteiger partial charge in [-0.2, -0.15) is 0 Å². The van der Waals surface area contributed by atoms with Crippen LogP contribution in [0.5, 0.6) is 0 Å². The first-order chi connectivity index (χ1) is 11.6. The number of benzene rings is 1. The number of aryl methyl sites for hydroxylation is 2. The van der Waals surface area contributed by atoms with Crippen molar-refractivity contribution in [1.82, 2.24) is 14.8 Å². The van der Waals surface area contributed by atoms with Crippen molar-refractivity contribution in [2.24, 2.45) is 0 Å². The molecule has 0 aliphatic carbocycles. The van der Waals surface area contributed by atoms with E-state index in [1.165, 1.54) is 0 Å². The zero-order chi connectivity index (χ0) is 16.7. The van der Waals surface area contributed by atoms with Crippen molar-refractivity contribution in [3.05, 3.63) is 45.5 Å². The van der Waals surface area contributed by atoms with Crippen molar-refractivity contribution in [2.45, 2.75) is 45.1 Å². The van der Waals surface area contributed by atoms with Gasteiger partial charge in [-0.05, 0) is 38.3 Å². The van der Waals surface area contributed by atoms with Gasteiger partial charge in [-0.3, -0.25) is 10.1 Å². The maximum Gasteiger partial charge on any atom is 0.272 e. The van der Waals surface area contributed by atoms with Crippen LogP contribution in [0.2, 0.25) is 0 Å². The number of piperidine rings is 1. The van der Waals surface area contributed by atoms with E-state index < -0.39 is 0 Å². The lowest BCUT2D eigenvalue weighted by Crippen LogP contribution is -2.35. The Labute approximate surface area is 140 Å². The first-order valence-corrected chi connectivity index (χ1v) is 8.55. The second-order valence-corrected chi connectivity index (χ2v) is 6.74. The highest BCUT2D eigenvalue weighted by molar-refractivity contribution is 5.55. The quantitative estimate of drug-likeness (QED) is 0.640. The Bertz CT molecular complexity index is 785. The van der Waals surface area contributed by atoms with E-state index in [1.807, 2.05) is 12.1 Å². The Morgan fingerprint density at radius 1 is 1.25 bits per heavy atom. The average molecular weight is 327 g/mol. The third kappa shape index (κ3) is 2.53. The molecule has 2 aromatic rings. The summed E-state index contributed by atoms with van der Waals surface area (Å²) in [4.78, 5) is 13.0. The van der Waals surface area contributed by atoms with Crippen LogP contribution in [0, 0.1) is 17.0 Å². The van der Waals surface area contributed by atoms with Gasteiger partial charge in [-0.1, -0.05) is 0 Å². The largest absolute Gasteiger partial charge is 0.371 e. The molecule has 1 atom stereocenters. The van der Waals surface area contributed by atoms with Crippen LogP contribution in [0.3, 0.4) is 0 Å². The molecule has 0 amide bonds. The minimum absolute atomic E-state index is 0.183. The van der Waals surface area contributed by atoms with Crippen molar-refractivity contribution >= 4 is 11.4 Å². The van der Waals surface area contributed by atoms with Crippen LogP contribution in [0.4, 0.5) is 11.4 Å². The van der Waals surface area contributed by atoms with Gasteiger partial charge in [0.15, 0.2) is 0 Å². The molecule has 7 heteroatoms. The summed E-state index contributed by atoms with van der Waals surface area (Å²) >= 11 is 0. The summed E-state index contributed by atoms with van der Waals surface area (Å²) in [6.07, 6.45) is 4.42. The molecule has 1 aromatic heterocycles. The molecule has 3 heterocycles. The molecular formula is C17H21N5O2. The molecule has 7 nitrogen and oxygen atoms in total. The van der Waals surface area contributed by atoms with Crippen LogP contribution in [0.25, 0.3) is 0 Å². The van der Waals surface area contributed by atoms with E-state index in [0.717, 1.165) is 62.7 Å². The highest BCUT2D eigenvalue weighted by Crippen LogP contribution is 2.32. The van der Waals surface area contributed by atoms with E-state index in [9.17, 15) is 10.1 Å².